The number of nitrogens with zero attached hydrogens (tertiary/aromatic N) is 1. The Balaban J connectivity index is 2.36. The molecule has 1 amide bonds. The summed E-state index contributed by atoms with van der Waals surface area (Å²) < 4.78 is 5.04. The molecule has 1 rings (SSSR count). The molecule has 0 N–H and O–H groups in total. The lowest BCUT2D eigenvalue weighted by Gasteiger charge is -2.20. The lowest BCUT2D eigenvalue weighted by atomic mass is 10.1. The molecule has 0 bridgehead atoms. The van der Waals surface area contributed by atoms with E-state index in [0.717, 1.165) is 6.42 Å². The van der Waals surface area contributed by atoms with Crippen molar-refractivity contribution in [2.45, 2.75) is 24.6 Å². The molecule has 0 aliphatic heterocycles. The van der Waals surface area contributed by atoms with E-state index in [-0.39, 0.29) is 10.7 Å². The van der Waals surface area contributed by atoms with Gasteiger partial charge in [0.15, 0.2) is 0 Å². The second-order valence-corrected chi connectivity index (χ2v) is 6.11. The Kier molecular flexibility index (Phi) is 7.10. The van der Waals surface area contributed by atoms with Gasteiger partial charge in [-0.05, 0) is 18.9 Å². The highest BCUT2D eigenvalue weighted by Crippen LogP contribution is 2.08. The first kappa shape index (κ1) is 16.2. The Labute approximate surface area is 124 Å². The van der Waals surface area contributed by atoms with Gasteiger partial charge in [0.2, 0.25) is 5.91 Å². The zero-order chi connectivity index (χ0) is 14.3. The number of amides is 1. The van der Waals surface area contributed by atoms with Gasteiger partial charge in [-0.25, -0.2) is 0 Å². The predicted molar refractivity (Wildman–Crippen MR) is 81.7 cm³/mol. The first-order valence-electron chi connectivity index (χ1n) is 6.45. The number of carbonyl (C=O) groups excluding carboxylic acids is 1. The van der Waals surface area contributed by atoms with Crippen LogP contribution >= 0.6 is 15.9 Å². The van der Waals surface area contributed by atoms with Crippen LogP contribution in [0.25, 0.3) is 0 Å². The number of hydrogen-bond acceptors (Lipinski definition) is 2. The van der Waals surface area contributed by atoms with E-state index < -0.39 is 0 Å². The van der Waals surface area contributed by atoms with Gasteiger partial charge in [0.1, 0.15) is 0 Å². The molecule has 106 valence electrons. The van der Waals surface area contributed by atoms with Crippen molar-refractivity contribution in [2.24, 2.45) is 0 Å². The molecule has 0 saturated heterocycles. The van der Waals surface area contributed by atoms with Gasteiger partial charge >= 0.3 is 0 Å². The number of hydrogen-bond donors (Lipinski definition) is 0. The number of alkyl halides is 1. The standard InChI is InChI=1S/C15H22BrNO2/c1-12-4-6-13(7-5-12)8-9-15(18)17(2)10-14(16)11-19-3/h4-7,14H,8-11H2,1-3H3. The minimum Gasteiger partial charge on any atom is -0.383 e. The Hall–Kier alpha value is -0.870. The molecule has 1 atom stereocenters. The van der Waals surface area contributed by atoms with E-state index in [0.29, 0.717) is 19.6 Å². The highest BCUT2D eigenvalue weighted by molar-refractivity contribution is 9.09. The molecular formula is C15H22BrNO2. The van der Waals surface area contributed by atoms with Crippen LogP contribution in [-0.4, -0.2) is 42.9 Å². The quantitative estimate of drug-likeness (QED) is 0.721. The van der Waals surface area contributed by atoms with Crippen LogP contribution in [0, 0.1) is 6.92 Å². The summed E-state index contributed by atoms with van der Waals surface area (Å²) >= 11 is 3.49. The largest absolute Gasteiger partial charge is 0.383 e. The molecule has 3 nitrogen and oxygen atoms in total. The van der Waals surface area contributed by atoms with Gasteiger partial charge in [-0.2, -0.15) is 0 Å². The molecule has 0 fully saturated rings. The summed E-state index contributed by atoms with van der Waals surface area (Å²) in [7, 11) is 3.49. The maximum Gasteiger partial charge on any atom is 0.222 e. The Bertz CT molecular complexity index is 392. The van der Waals surface area contributed by atoms with Crippen LogP contribution in [0.3, 0.4) is 0 Å². The average molecular weight is 328 g/mol. The summed E-state index contributed by atoms with van der Waals surface area (Å²) in [4.78, 5) is 13.9. The van der Waals surface area contributed by atoms with Gasteiger partial charge in [0, 0.05) is 27.1 Å². The van der Waals surface area contributed by atoms with Crippen LogP contribution in [0.1, 0.15) is 17.5 Å². The van der Waals surface area contributed by atoms with E-state index in [4.69, 9.17) is 4.74 Å². The maximum absolute atomic E-state index is 12.0. The number of carbonyl (C=O) groups is 1. The minimum absolute atomic E-state index is 0.168. The molecular weight excluding hydrogens is 306 g/mol. The first-order chi connectivity index (χ1) is 9.02. The first-order valence-corrected chi connectivity index (χ1v) is 7.37. The number of methoxy groups -OCH3 is 1. The van der Waals surface area contributed by atoms with E-state index in [1.165, 1.54) is 11.1 Å². The van der Waals surface area contributed by atoms with Crippen molar-refractivity contribution in [3.05, 3.63) is 35.4 Å². The molecule has 0 radical (unpaired) electrons. The van der Waals surface area contributed by atoms with Crippen molar-refractivity contribution >= 4 is 21.8 Å². The van der Waals surface area contributed by atoms with Crippen LogP contribution < -0.4 is 0 Å². The SMILES string of the molecule is COCC(Br)CN(C)C(=O)CCc1ccc(C)cc1. The zero-order valence-corrected chi connectivity index (χ0v) is 13.4. The number of benzene rings is 1. The van der Waals surface area contributed by atoms with Crippen molar-refractivity contribution in [3.8, 4) is 0 Å². The Morgan fingerprint density at radius 1 is 1.37 bits per heavy atom. The fourth-order valence-corrected chi connectivity index (χ4v) is 2.53. The summed E-state index contributed by atoms with van der Waals surface area (Å²) in [5.74, 6) is 0.168. The van der Waals surface area contributed by atoms with Crippen LogP contribution in [0.15, 0.2) is 24.3 Å². The highest BCUT2D eigenvalue weighted by atomic mass is 79.9. The summed E-state index contributed by atoms with van der Waals surface area (Å²) in [6, 6.07) is 8.33. The number of halogens is 1. The molecule has 19 heavy (non-hydrogen) atoms. The summed E-state index contributed by atoms with van der Waals surface area (Å²) in [5, 5.41) is 0. The van der Waals surface area contributed by atoms with Gasteiger partial charge in [-0.1, -0.05) is 45.8 Å². The van der Waals surface area contributed by atoms with Gasteiger partial charge in [-0.15, -0.1) is 0 Å². The molecule has 1 aromatic rings. The summed E-state index contributed by atoms with van der Waals surface area (Å²) in [6.45, 7) is 3.34. The van der Waals surface area contributed by atoms with Crippen molar-refractivity contribution < 1.29 is 9.53 Å². The third-order valence-electron chi connectivity index (χ3n) is 2.99. The molecule has 1 unspecified atom stereocenters. The second-order valence-electron chi connectivity index (χ2n) is 4.81. The van der Waals surface area contributed by atoms with Gasteiger partial charge in [0.05, 0.1) is 11.4 Å². The summed E-state index contributed by atoms with van der Waals surface area (Å²) in [6.07, 6.45) is 1.34. The molecule has 0 saturated carbocycles. The molecule has 0 spiro atoms. The van der Waals surface area contributed by atoms with Crippen LogP contribution in [0.4, 0.5) is 0 Å². The highest BCUT2D eigenvalue weighted by Gasteiger charge is 2.13. The van der Waals surface area contributed by atoms with Gasteiger partial charge in [-0.3, -0.25) is 4.79 Å². The zero-order valence-electron chi connectivity index (χ0n) is 11.9. The fourth-order valence-electron chi connectivity index (χ4n) is 1.83. The van der Waals surface area contributed by atoms with E-state index in [9.17, 15) is 4.79 Å². The van der Waals surface area contributed by atoms with Crippen molar-refractivity contribution in [1.82, 2.24) is 4.90 Å². The molecule has 4 heteroatoms. The molecule has 0 aromatic heterocycles. The second kappa shape index (κ2) is 8.33. The average Bonchev–Trinajstić information content (AvgIpc) is 2.37. The van der Waals surface area contributed by atoms with Crippen molar-refractivity contribution in [2.75, 3.05) is 27.3 Å². The Morgan fingerprint density at radius 3 is 2.58 bits per heavy atom. The third-order valence-corrected chi connectivity index (χ3v) is 3.55. The topological polar surface area (TPSA) is 29.5 Å². The van der Waals surface area contributed by atoms with E-state index in [1.807, 2.05) is 7.05 Å². The number of rotatable bonds is 7. The molecule has 0 heterocycles. The van der Waals surface area contributed by atoms with Gasteiger partial charge < -0.3 is 9.64 Å². The van der Waals surface area contributed by atoms with Crippen molar-refractivity contribution in [3.63, 3.8) is 0 Å². The molecule has 1 aromatic carbocycles. The fraction of sp³-hybridized carbons (Fsp3) is 0.533. The van der Waals surface area contributed by atoms with Crippen LogP contribution in [-0.2, 0) is 16.0 Å². The number of ether oxygens (including phenoxy) is 1. The van der Waals surface area contributed by atoms with Crippen LogP contribution in [0.5, 0.6) is 0 Å². The lowest BCUT2D eigenvalue weighted by molar-refractivity contribution is -0.129. The van der Waals surface area contributed by atoms with Crippen LogP contribution in [0.2, 0.25) is 0 Å². The van der Waals surface area contributed by atoms with E-state index in [2.05, 4.69) is 47.1 Å². The van der Waals surface area contributed by atoms with Gasteiger partial charge in [0.25, 0.3) is 0 Å². The normalized spacial score (nSPS) is 12.2. The maximum atomic E-state index is 12.0. The molecule has 0 aliphatic rings. The lowest BCUT2D eigenvalue weighted by Crippen LogP contribution is -2.33. The third kappa shape index (κ3) is 6.21. The summed E-state index contributed by atoms with van der Waals surface area (Å²) in [5.41, 5.74) is 2.45. The Morgan fingerprint density at radius 2 is 2.00 bits per heavy atom. The van der Waals surface area contributed by atoms with E-state index >= 15 is 0 Å². The van der Waals surface area contributed by atoms with E-state index in [1.54, 1.807) is 12.0 Å². The molecule has 0 aliphatic carbocycles. The monoisotopic (exact) mass is 327 g/mol. The predicted octanol–water partition coefficient (Wildman–Crippen LogP) is 2.80. The smallest absolute Gasteiger partial charge is 0.222 e. The minimum atomic E-state index is 0.168. The van der Waals surface area contributed by atoms with Crippen molar-refractivity contribution in [1.29, 1.82) is 0 Å². The number of aryl methyl sites for hydroxylation is 2.